The number of ether oxygens (including phenoxy) is 1. The number of carbonyl (C=O) groups excluding carboxylic acids is 1. The Balaban J connectivity index is 1.35. The van der Waals surface area contributed by atoms with Crippen LogP contribution >= 0.6 is 0 Å². The van der Waals surface area contributed by atoms with Crippen LogP contribution in [-0.4, -0.2) is 59.2 Å². The van der Waals surface area contributed by atoms with Crippen molar-refractivity contribution >= 4 is 5.91 Å². The number of piperidine rings is 1. The van der Waals surface area contributed by atoms with Gasteiger partial charge in [-0.2, -0.15) is 5.10 Å². The van der Waals surface area contributed by atoms with E-state index < -0.39 is 0 Å². The van der Waals surface area contributed by atoms with E-state index in [4.69, 9.17) is 4.74 Å². The molecule has 4 rings (SSSR count). The van der Waals surface area contributed by atoms with Crippen molar-refractivity contribution in [2.45, 2.75) is 38.6 Å². The molecule has 6 nitrogen and oxygen atoms in total. The maximum atomic E-state index is 14.3. The zero-order chi connectivity index (χ0) is 20.3. The number of carbonyl (C=O) groups is 1. The summed E-state index contributed by atoms with van der Waals surface area (Å²) in [4.78, 5) is 17.0. The van der Waals surface area contributed by atoms with E-state index in [1.54, 1.807) is 25.4 Å². The first kappa shape index (κ1) is 19.9. The maximum absolute atomic E-state index is 14.3. The van der Waals surface area contributed by atoms with Gasteiger partial charge in [-0.15, -0.1) is 0 Å². The highest BCUT2D eigenvalue weighted by Crippen LogP contribution is 2.39. The van der Waals surface area contributed by atoms with E-state index in [9.17, 15) is 9.18 Å². The lowest BCUT2D eigenvalue weighted by atomic mass is 9.79. The molecule has 7 heteroatoms. The Morgan fingerprint density at radius 1 is 1.31 bits per heavy atom. The Morgan fingerprint density at radius 2 is 2.21 bits per heavy atom. The van der Waals surface area contributed by atoms with E-state index in [0.29, 0.717) is 24.3 Å². The molecule has 1 atom stereocenters. The fraction of sp³-hybridized carbons (Fsp3) is 0.545. The average molecular weight is 400 g/mol. The molecule has 2 aliphatic heterocycles. The number of hydrogen-bond donors (Lipinski definition) is 1. The van der Waals surface area contributed by atoms with Gasteiger partial charge in [0.1, 0.15) is 11.6 Å². The standard InChI is InChI=1S/C22H29FN4O2/c1-29-19-4-5-20(23)18(11-19)14-26-9-2-7-22(15-26)8-10-27(16-22)21(28)6-3-17-12-24-25-13-17/h4-5,11-13H,2-3,6-10,14-16H2,1H3,(H,24,25). The van der Waals surface area contributed by atoms with Gasteiger partial charge in [-0.3, -0.25) is 14.8 Å². The van der Waals surface area contributed by atoms with Crippen LogP contribution in [0.25, 0.3) is 0 Å². The van der Waals surface area contributed by atoms with Crippen molar-refractivity contribution in [1.29, 1.82) is 0 Å². The second-order valence-corrected chi connectivity index (χ2v) is 8.44. The van der Waals surface area contributed by atoms with Gasteiger partial charge in [-0.05, 0) is 56.0 Å². The summed E-state index contributed by atoms with van der Waals surface area (Å²) in [6.07, 6.45) is 8.11. The van der Waals surface area contributed by atoms with E-state index in [2.05, 4.69) is 15.1 Å². The molecule has 0 saturated carbocycles. The largest absolute Gasteiger partial charge is 0.497 e. The van der Waals surface area contributed by atoms with Gasteiger partial charge in [0, 0.05) is 49.8 Å². The van der Waals surface area contributed by atoms with Crippen molar-refractivity contribution < 1.29 is 13.9 Å². The number of likely N-dealkylation sites (tertiary alicyclic amines) is 2. The zero-order valence-corrected chi connectivity index (χ0v) is 17.0. The highest BCUT2D eigenvalue weighted by Gasteiger charge is 2.42. The van der Waals surface area contributed by atoms with Crippen LogP contribution in [0.5, 0.6) is 5.75 Å². The highest BCUT2D eigenvalue weighted by molar-refractivity contribution is 5.76. The number of nitrogens with zero attached hydrogens (tertiary/aromatic N) is 3. The van der Waals surface area contributed by atoms with Gasteiger partial charge in [0.2, 0.25) is 5.91 Å². The van der Waals surface area contributed by atoms with Gasteiger partial charge in [0.05, 0.1) is 13.3 Å². The first-order valence-corrected chi connectivity index (χ1v) is 10.4. The number of aromatic nitrogens is 2. The third-order valence-corrected chi connectivity index (χ3v) is 6.36. The minimum Gasteiger partial charge on any atom is -0.497 e. The lowest BCUT2D eigenvalue weighted by molar-refractivity contribution is -0.130. The van der Waals surface area contributed by atoms with Crippen molar-refractivity contribution in [1.82, 2.24) is 20.0 Å². The molecule has 0 aliphatic carbocycles. The van der Waals surface area contributed by atoms with Gasteiger partial charge >= 0.3 is 0 Å². The quantitative estimate of drug-likeness (QED) is 0.810. The Hall–Kier alpha value is -2.41. The number of H-pyrrole nitrogens is 1. The Labute approximate surface area is 171 Å². The lowest BCUT2D eigenvalue weighted by Crippen LogP contribution is -2.45. The molecule has 2 saturated heterocycles. The molecule has 1 amide bonds. The maximum Gasteiger partial charge on any atom is 0.222 e. The highest BCUT2D eigenvalue weighted by atomic mass is 19.1. The number of benzene rings is 1. The molecule has 2 aromatic rings. The van der Waals surface area contributed by atoms with Crippen molar-refractivity contribution in [3.05, 3.63) is 47.5 Å². The number of hydrogen-bond acceptors (Lipinski definition) is 4. The van der Waals surface area contributed by atoms with E-state index in [1.807, 2.05) is 11.1 Å². The normalized spacial score (nSPS) is 22.3. The number of methoxy groups -OCH3 is 1. The molecule has 29 heavy (non-hydrogen) atoms. The molecule has 1 aromatic carbocycles. The topological polar surface area (TPSA) is 61.5 Å². The van der Waals surface area contributed by atoms with Crippen molar-refractivity contribution in [3.63, 3.8) is 0 Å². The summed E-state index contributed by atoms with van der Waals surface area (Å²) in [5, 5.41) is 6.73. The van der Waals surface area contributed by atoms with E-state index in [0.717, 1.165) is 57.4 Å². The predicted molar refractivity (Wildman–Crippen MR) is 108 cm³/mol. The number of aryl methyl sites for hydroxylation is 1. The van der Waals surface area contributed by atoms with Crippen molar-refractivity contribution in [2.24, 2.45) is 5.41 Å². The smallest absolute Gasteiger partial charge is 0.222 e. The predicted octanol–water partition coefficient (Wildman–Crippen LogP) is 3.00. The number of rotatable bonds is 6. The molecule has 156 valence electrons. The monoisotopic (exact) mass is 400 g/mol. The van der Waals surface area contributed by atoms with Crippen LogP contribution < -0.4 is 4.74 Å². The molecule has 1 aromatic heterocycles. The summed E-state index contributed by atoms with van der Waals surface area (Å²) < 4.78 is 19.5. The van der Waals surface area contributed by atoms with Gasteiger partial charge in [0.25, 0.3) is 0 Å². The summed E-state index contributed by atoms with van der Waals surface area (Å²) in [6.45, 7) is 4.10. The van der Waals surface area contributed by atoms with Crippen LogP contribution in [0.2, 0.25) is 0 Å². The molecule has 2 fully saturated rings. The molecule has 0 bridgehead atoms. The third kappa shape index (κ3) is 4.61. The number of aromatic amines is 1. The summed E-state index contributed by atoms with van der Waals surface area (Å²) in [5.74, 6) is 0.718. The van der Waals surface area contributed by atoms with Gasteiger partial charge in [-0.1, -0.05) is 0 Å². The van der Waals surface area contributed by atoms with Gasteiger partial charge < -0.3 is 9.64 Å². The van der Waals surface area contributed by atoms with E-state index in [1.165, 1.54) is 6.07 Å². The molecule has 0 radical (unpaired) electrons. The Bertz CT molecular complexity index is 841. The van der Waals surface area contributed by atoms with Crippen LogP contribution in [-0.2, 0) is 17.8 Å². The molecule has 1 unspecified atom stereocenters. The van der Waals surface area contributed by atoms with Crippen LogP contribution in [0.1, 0.15) is 36.8 Å². The van der Waals surface area contributed by atoms with Crippen LogP contribution in [0.4, 0.5) is 4.39 Å². The molecule has 1 N–H and O–H groups in total. The number of halogens is 1. The van der Waals surface area contributed by atoms with Crippen molar-refractivity contribution in [2.75, 3.05) is 33.3 Å². The first-order valence-electron chi connectivity index (χ1n) is 10.4. The third-order valence-electron chi connectivity index (χ3n) is 6.36. The van der Waals surface area contributed by atoms with E-state index in [-0.39, 0.29) is 17.1 Å². The number of nitrogens with one attached hydrogen (secondary N) is 1. The van der Waals surface area contributed by atoms with Crippen molar-refractivity contribution in [3.8, 4) is 5.75 Å². The summed E-state index contributed by atoms with van der Waals surface area (Å²) >= 11 is 0. The Kier molecular flexibility index (Phi) is 5.85. The fourth-order valence-corrected chi connectivity index (χ4v) is 4.79. The minimum atomic E-state index is -0.187. The second-order valence-electron chi connectivity index (χ2n) is 8.44. The first-order chi connectivity index (χ1) is 14.1. The average Bonchev–Trinajstić information content (AvgIpc) is 3.38. The summed E-state index contributed by atoms with van der Waals surface area (Å²) in [6, 6.07) is 4.92. The summed E-state index contributed by atoms with van der Waals surface area (Å²) in [7, 11) is 1.60. The van der Waals surface area contributed by atoms with Gasteiger partial charge in [0.15, 0.2) is 0 Å². The molecule has 2 aliphatic rings. The van der Waals surface area contributed by atoms with Crippen LogP contribution in [0, 0.1) is 11.2 Å². The molecule has 1 spiro atoms. The molecular weight excluding hydrogens is 371 g/mol. The Morgan fingerprint density at radius 3 is 3.00 bits per heavy atom. The SMILES string of the molecule is COc1ccc(F)c(CN2CCCC3(CCN(C(=O)CCc4cn[nH]c4)C3)C2)c1. The zero-order valence-electron chi connectivity index (χ0n) is 17.0. The minimum absolute atomic E-state index is 0.138. The van der Waals surface area contributed by atoms with E-state index >= 15 is 0 Å². The number of amides is 1. The fourth-order valence-electron chi connectivity index (χ4n) is 4.79. The lowest BCUT2D eigenvalue weighted by Gasteiger charge is -2.40. The second kappa shape index (κ2) is 8.53. The molecule has 3 heterocycles. The van der Waals surface area contributed by atoms with Gasteiger partial charge in [-0.25, -0.2) is 4.39 Å². The van der Waals surface area contributed by atoms with Crippen LogP contribution in [0.3, 0.4) is 0 Å². The summed E-state index contributed by atoms with van der Waals surface area (Å²) in [5.41, 5.74) is 1.88. The van der Waals surface area contributed by atoms with Crippen LogP contribution in [0.15, 0.2) is 30.6 Å². The molecular formula is C22H29FN4O2.